The number of benzene rings is 1. The lowest BCUT2D eigenvalue weighted by Gasteiger charge is -2.39. The highest BCUT2D eigenvalue weighted by atomic mass is 16.5. The van der Waals surface area contributed by atoms with Crippen molar-refractivity contribution in [3.05, 3.63) is 41.0 Å². The van der Waals surface area contributed by atoms with Gasteiger partial charge >= 0.3 is 0 Å². The average Bonchev–Trinajstić information content (AvgIpc) is 2.45. The number of aliphatic hydroxyl groups is 1. The van der Waals surface area contributed by atoms with E-state index in [1.54, 1.807) is 6.07 Å². The first-order chi connectivity index (χ1) is 9.06. The van der Waals surface area contributed by atoms with E-state index in [9.17, 15) is 9.90 Å². The quantitative estimate of drug-likeness (QED) is 0.842. The molecule has 0 saturated carbocycles. The van der Waals surface area contributed by atoms with Crippen LogP contribution in [0.4, 0.5) is 0 Å². The summed E-state index contributed by atoms with van der Waals surface area (Å²) in [5.74, 6) is 0.511. The zero-order chi connectivity index (χ0) is 13.6. The lowest BCUT2D eigenvalue weighted by atomic mass is 9.80. The molecule has 0 saturated heterocycles. The van der Waals surface area contributed by atoms with Gasteiger partial charge in [0.15, 0.2) is 5.78 Å². The second-order valence-electron chi connectivity index (χ2n) is 5.57. The average molecular weight is 258 g/mol. The number of hydrogen-bond donors (Lipinski definition) is 1. The Labute approximate surface area is 112 Å². The Morgan fingerprint density at radius 3 is 2.74 bits per heavy atom. The Balaban J connectivity index is 2.15. The summed E-state index contributed by atoms with van der Waals surface area (Å²) in [6.45, 7) is 4.18. The van der Waals surface area contributed by atoms with E-state index in [-0.39, 0.29) is 11.4 Å². The van der Waals surface area contributed by atoms with Crippen molar-refractivity contribution in [2.75, 3.05) is 0 Å². The highest BCUT2D eigenvalue weighted by molar-refractivity contribution is 6.08. The van der Waals surface area contributed by atoms with Gasteiger partial charge in [-0.25, -0.2) is 0 Å². The van der Waals surface area contributed by atoms with Crippen LogP contribution in [0.1, 0.15) is 49.0 Å². The minimum absolute atomic E-state index is 0.202. The summed E-state index contributed by atoms with van der Waals surface area (Å²) in [5, 5.41) is 10.2. The largest absolute Gasteiger partial charge is 0.487 e. The number of ether oxygens (including phenoxy) is 1. The molecule has 2 aliphatic rings. The second-order valence-corrected chi connectivity index (χ2v) is 5.57. The van der Waals surface area contributed by atoms with Crippen LogP contribution in [0, 0.1) is 0 Å². The van der Waals surface area contributed by atoms with E-state index in [1.165, 1.54) is 0 Å². The molecule has 0 bridgehead atoms. The molecule has 0 spiro atoms. The second kappa shape index (κ2) is 4.20. The minimum Gasteiger partial charge on any atom is -0.487 e. The van der Waals surface area contributed by atoms with Crippen LogP contribution < -0.4 is 0 Å². The normalized spacial score (nSPS) is 29.6. The molecule has 1 aliphatic heterocycles. The zero-order valence-corrected chi connectivity index (χ0v) is 11.3. The first-order valence-corrected chi connectivity index (χ1v) is 6.79. The van der Waals surface area contributed by atoms with Crippen molar-refractivity contribution in [1.29, 1.82) is 0 Å². The van der Waals surface area contributed by atoms with Gasteiger partial charge in [-0.2, -0.15) is 0 Å². The summed E-state index contributed by atoms with van der Waals surface area (Å²) < 4.78 is 6.14. The summed E-state index contributed by atoms with van der Waals surface area (Å²) in [6, 6.07) is 7.37. The molecule has 1 N–H and O–H groups in total. The summed E-state index contributed by atoms with van der Waals surface area (Å²) >= 11 is 0. The van der Waals surface area contributed by atoms with Crippen LogP contribution in [0.3, 0.4) is 0 Å². The SMILES string of the molecule is CCC1(C)CCC2=C(O1)c1ccccc1C(=O)C2O. The van der Waals surface area contributed by atoms with Crippen LogP contribution in [0.15, 0.2) is 29.8 Å². The number of Topliss-reactive ketones (excluding diaryl/α,β-unsaturated/α-hetero) is 1. The summed E-state index contributed by atoms with van der Waals surface area (Å²) in [5.41, 5.74) is 1.93. The van der Waals surface area contributed by atoms with Crippen LogP contribution in [0.5, 0.6) is 0 Å². The fourth-order valence-electron chi connectivity index (χ4n) is 2.81. The molecule has 0 amide bonds. The van der Waals surface area contributed by atoms with Gasteiger partial charge in [0, 0.05) is 16.7 Å². The topological polar surface area (TPSA) is 46.5 Å². The number of hydrogen-bond acceptors (Lipinski definition) is 3. The predicted octanol–water partition coefficient (Wildman–Crippen LogP) is 2.93. The van der Waals surface area contributed by atoms with Gasteiger partial charge in [-0.05, 0) is 26.2 Å². The lowest BCUT2D eigenvalue weighted by molar-refractivity contribution is 0.0253. The first kappa shape index (κ1) is 12.4. The highest BCUT2D eigenvalue weighted by Crippen LogP contribution is 2.43. The van der Waals surface area contributed by atoms with Crippen LogP contribution in [-0.4, -0.2) is 22.6 Å². The van der Waals surface area contributed by atoms with Gasteiger partial charge in [0.2, 0.25) is 0 Å². The smallest absolute Gasteiger partial charge is 0.196 e. The van der Waals surface area contributed by atoms with E-state index in [1.807, 2.05) is 18.2 Å². The van der Waals surface area contributed by atoms with Gasteiger partial charge in [-0.15, -0.1) is 0 Å². The lowest BCUT2D eigenvalue weighted by Crippen LogP contribution is -2.38. The van der Waals surface area contributed by atoms with E-state index < -0.39 is 6.10 Å². The van der Waals surface area contributed by atoms with E-state index in [0.29, 0.717) is 5.56 Å². The number of carbonyl (C=O) groups is 1. The third-order valence-corrected chi connectivity index (χ3v) is 4.33. The van der Waals surface area contributed by atoms with Crippen molar-refractivity contribution in [1.82, 2.24) is 0 Å². The van der Waals surface area contributed by atoms with Gasteiger partial charge in [0.1, 0.15) is 17.5 Å². The summed E-state index contributed by atoms with van der Waals surface area (Å²) in [6.07, 6.45) is 1.44. The molecule has 2 atom stereocenters. The Kier molecular flexibility index (Phi) is 2.75. The van der Waals surface area contributed by atoms with E-state index in [0.717, 1.165) is 36.2 Å². The highest BCUT2D eigenvalue weighted by Gasteiger charge is 2.40. The minimum atomic E-state index is -1.04. The molecule has 3 rings (SSSR count). The van der Waals surface area contributed by atoms with Crippen molar-refractivity contribution in [2.45, 2.75) is 44.8 Å². The Bertz CT molecular complexity index is 573. The number of fused-ring (bicyclic) bond motifs is 2. The van der Waals surface area contributed by atoms with Crippen LogP contribution >= 0.6 is 0 Å². The first-order valence-electron chi connectivity index (χ1n) is 6.79. The van der Waals surface area contributed by atoms with Crippen molar-refractivity contribution >= 4 is 11.5 Å². The van der Waals surface area contributed by atoms with Gasteiger partial charge in [-0.3, -0.25) is 4.79 Å². The van der Waals surface area contributed by atoms with Crippen molar-refractivity contribution < 1.29 is 14.6 Å². The third kappa shape index (κ3) is 1.80. The zero-order valence-electron chi connectivity index (χ0n) is 11.3. The van der Waals surface area contributed by atoms with Crippen molar-refractivity contribution in [3.63, 3.8) is 0 Å². The molecule has 1 aliphatic carbocycles. The molecule has 0 fully saturated rings. The number of aliphatic hydroxyl groups excluding tert-OH is 1. The van der Waals surface area contributed by atoms with Gasteiger partial charge in [0.25, 0.3) is 0 Å². The molecule has 2 unspecified atom stereocenters. The molecule has 0 aromatic heterocycles. The maximum absolute atomic E-state index is 12.2. The fraction of sp³-hybridized carbons (Fsp3) is 0.438. The molecule has 1 heterocycles. The van der Waals surface area contributed by atoms with E-state index >= 15 is 0 Å². The third-order valence-electron chi connectivity index (χ3n) is 4.33. The summed E-state index contributed by atoms with van der Waals surface area (Å²) in [4.78, 5) is 12.2. The Morgan fingerprint density at radius 2 is 2.05 bits per heavy atom. The molecule has 19 heavy (non-hydrogen) atoms. The fourth-order valence-corrected chi connectivity index (χ4v) is 2.81. The van der Waals surface area contributed by atoms with Crippen molar-refractivity contribution in [2.24, 2.45) is 0 Å². The van der Waals surface area contributed by atoms with Gasteiger partial charge < -0.3 is 9.84 Å². The Morgan fingerprint density at radius 1 is 1.37 bits per heavy atom. The standard InChI is InChI=1S/C16H18O3/c1-3-16(2)9-8-12-14(18)13(17)10-6-4-5-7-11(10)15(12)19-16/h4-7,14,18H,3,8-9H2,1-2H3. The number of carbonyl (C=O) groups excluding carboxylic acids is 1. The monoisotopic (exact) mass is 258 g/mol. The summed E-state index contributed by atoms with van der Waals surface area (Å²) in [7, 11) is 0. The van der Waals surface area contributed by atoms with Gasteiger partial charge in [0.05, 0.1) is 0 Å². The molecule has 1 aromatic carbocycles. The van der Waals surface area contributed by atoms with E-state index in [4.69, 9.17) is 4.74 Å². The Hall–Kier alpha value is -1.61. The molecule has 3 nitrogen and oxygen atoms in total. The number of rotatable bonds is 1. The van der Waals surface area contributed by atoms with Crippen LogP contribution in [0.25, 0.3) is 5.76 Å². The molecule has 100 valence electrons. The van der Waals surface area contributed by atoms with Crippen LogP contribution in [0.2, 0.25) is 0 Å². The molecule has 1 aromatic rings. The molecule has 0 radical (unpaired) electrons. The van der Waals surface area contributed by atoms with Crippen LogP contribution in [-0.2, 0) is 4.74 Å². The van der Waals surface area contributed by atoms with E-state index in [2.05, 4.69) is 13.8 Å². The number of ketones is 1. The maximum Gasteiger partial charge on any atom is 0.196 e. The maximum atomic E-state index is 12.2. The molecule has 3 heteroatoms. The van der Waals surface area contributed by atoms with Crippen molar-refractivity contribution in [3.8, 4) is 0 Å². The molecular formula is C16H18O3. The van der Waals surface area contributed by atoms with Gasteiger partial charge in [-0.1, -0.05) is 31.2 Å². The molecular weight excluding hydrogens is 240 g/mol. The predicted molar refractivity (Wildman–Crippen MR) is 72.7 cm³/mol.